The minimum absolute atomic E-state index is 0.00526. The van der Waals surface area contributed by atoms with E-state index in [9.17, 15) is 36.8 Å². The van der Waals surface area contributed by atoms with E-state index in [1.165, 1.54) is 15.9 Å². The fourth-order valence-electron chi connectivity index (χ4n) is 7.11. The summed E-state index contributed by atoms with van der Waals surface area (Å²) in [5, 5.41) is 7.72. The molecule has 1 aromatic rings. The molecule has 278 valence electrons. The monoisotopic (exact) mass is 730 g/mol. The van der Waals surface area contributed by atoms with Crippen LogP contribution in [0.4, 0.5) is 14.0 Å². The van der Waals surface area contributed by atoms with E-state index in [2.05, 4.69) is 20.7 Å². The molecule has 6 amide bonds. The van der Waals surface area contributed by atoms with Crippen molar-refractivity contribution in [1.29, 1.82) is 0 Å². The SMILES string of the molecule is CC(C)(C)NC(=O)N[C@H]1CCCCC/C=C/[C@@H]2C[C@@]2(C(=O)NS(=O)(=O)C2CC2)NC(=O)[C@@H]2C[C@@H](OC(=O)N3Cc4cccc(F)c4C3)CN2C1=O. The number of allylic oxidation sites excluding steroid dienone is 1. The zero-order valence-electron chi connectivity index (χ0n) is 29.2. The van der Waals surface area contributed by atoms with Crippen molar-refractivity contribution in [2.75, 3.05) is 6.54 Å². The molecule has 2 aliphatic carbocycles. The van der Waals surface area contributed by atoms with Crippen LogP contribution >= 0.6 is 0 Å². The normalized spacial score (nSPS) is 28.9. The molecule has 5 atom stereocenters. The van der Waals surface area contributed by atoms with Gasteiger partial charge in [0.25, 0.3) is 5.91 Å². The summed E-state index contributed by atoms with van der Waals surface area (Å²) in [7, 11) is -3.91. The first-order valence-electron chi connectivity index (χ1n) is 17.7. The Hall–Kier alpha value is -4.21. The number of carbonyl (C=O) groups is 5. The molecular weight excluding hydrogens is 683 g/mol. The number of carbonyl (C=O) groups excluding carboxylic acids is 5. The topological polar surface area (TPSA) is 183 Å². The van der Waals surface area contributed by atoms with Crippen LogP contribution in [-0.2, 0) is 42.2 Å². The zero-order chi connectivity index (χ0) is 36.7. The first kappa shape index (κ1) is 36.6. The second kappa shape index (κ2) is 14.1. The van der Waals surface area contributed by atoms with Gasteiger partial charge in [-0.05, 0) is 70.9 Å². The van der Waals surface area contributed by atoms with Crippen molar-refractivity contribution in [3.63, 3.8) is 0 Å². The minimum Gasteiger partial charge on any atom is -0.444 e. The van der Waals surface area contributed by atoms with Crippen LogP contribution in [0.5, 0.6) is 0 Å². The van der Waals surface area contributed by atoms with Gasteiger partial charge >= 0.3 is 12.1 Å². The minimum atomic E-state index is -3.91. The first-order chi connectivity index (χ1) is 24.1. The molecule has 0 radical (unpaired) electrons. The van der Waals surface area contributed by atoms with E-state index in [0.29, 0.717) is 43.2 Å². The maximum Gasteiger partial charge on any atom is 0.410 e. The second-order valence-corrected chi connectivity index (χ2v) is 17.4. The number of ether oxygens (including phenoxy) is 1. The Bertz CT molecular complexity index is 1730. The predicted octanol–water partition coefficient (Wildman–Crippen LogP) is 2.72. The molecule has 0 aromatic heterocycles. The molecule has 14 nitrogen and oxygen atoms in total. The molecule has 5 aliphatic rings. The Morgan fingerprint density at radius 2 is 1.82 bits per heavy atom. The van der Waals surface area contributed by atoms with Crippen LogP contribution in [0, 0.1) is 11.7 Å². The largest absolute Gasteiger partial charge is 0.444 e. The molecule has 0 bridgehead atoms. The molecule has 1 saturated heterocycles. The number of fused-ring (bicyclic) bond motifs is 3. The van der Waals surface area contributed by atoms with Gasteiger partial charge in [0, 0.05) is 30.0 Å². The highest BCUT2D eigenvalue weighted by molar-refractivity contribution is 7.91. The highest BCUT2D eigenvalue weighted by Crippen LogP contribution is 2.46. The summed E-state index contributed by atoms with van der Waals surface area (Å²) in [6.45, 7) is 5.38. The van der Waals surface area contributed by atoms with E-state index < -0.39 is 86.1 Å². The summed E-state index contributed by atoms with van der Waals surface area (Å²) < 4.78 is 47.9. The van der Waals surface area contributed by atoms with Crippen molar-refractivity contribution < 1.29 is 41.5 Å². The Labute approximate surface area is 297 Å². The van der Waals surface area contributed by atoms with Crippen LogP contribution < -0.4 is 20.7 Å². The van der Waals surface area contributed by atoms with Crippen LogP contribution in [0.15, 0.2) is 30.4 Å². The Kier molecular flexibility index (Phi) is 10.1. The van der Waals surface area contributed by atoms with Gasteiger partial charge in [-0.15, -0.1) is 0 Å². The maximum absolute atomic E-state index is 14.4. The number of rotatable bonds is 5. The molecule has 6 rings (SSSR count). The van der Waals surface area contributed by atoms with E-state index >= 15 is 0 Å². The zero-order valence-corrected chi connectivity index (χ0v) is 30.0. The van der Waals surface area contributed by atoms with Gasteiger partial charge in [0.1, 0.15) is 29.5 Å². The van der Waals surface area contributed by atoms with Crippen LogP contribution in [-0.4, -0.2) is 89.1 Å². The van der Waals surface area contributed by atoms with Crippen LogP contribution in [0.2, 0.25) is 0 Å². The molecule has 51 heavy (non-hydrogen) atoms. The van der Waals surface area contributed by atoms with Crippen molar-refractivity contribution in [1.82, 2.24) is 30.5 Å². The van der Waals surface area contributed by atoms with Gasteiger partial charge in [-0.1, -0.05) is 37.1 Å². The second-order valence-electron chi connectivity index (χ2n) is 15.4. The van der Waals surface area contributed by atoms with Crippen LogP contribution in [0.1, 0.15) is 89.7 Å². The quantitative estimate of drug-likeness (QED) is 0.334. The summed E-state index contributed by atoms with van der Waals surface area (Å²) in [6, 6.07) is 1.84. The van der Waals surface area contributed by atoms with Gasteiger partial charge in [0.15, 0.2) is 0 Å². The molecule has 1 aromatic carbocycles. The number of hydrogen-bond acceptors (Lipinski definition) is 8. The van der Waals surface area contributed by atoms with Crippen molar-refractivity contribution >= 4 is 39.9 Å². The van der Waals surface area contributed by atoms with Crippen LogP contribution in [0.3, 0.4) is 0 Å². The maximum atomic E-state index is 14.4. The molecule has 3 fully saturated rings. The highest BCUT2D eigenvalue weighted by atomic mass is 32.2. The van der Waals surface area contributed by atoms with E-state index in [1.54, 1.807) is 32.9 Å². The van der Waals surface area contributed by atoms with Gasteiger partial charge in [-0.3, -0.25) is 24.0 Å². The number of halogens is 1. The molecule has 0 spiro atoms. The number of urea groups is 1. The fourth-order valence-corrected chi connectivity index (χ4v) is 8.47. The Morgan fingerprint density at radius 3 is 2.53 bits per heavy atom. The van der Waals surface area contributed by atoms with E-state index in [-0.39, 0.29) is 32.5 Å². The molecule has 16 heteroatoms. The summed E-state index contributed by atoms with van der Waals surface area (Å²) in [4.78, 5) is 71.0. The third kappa shape index (κ3) is 8.31. The van der Waals surface area contributed by atoms with Gasteiger partial charge in [-0.2, -0.15) is 0 Å². The highest BCUT2D eigenvalue weighted by Gasteiger charge is 2.62. The lowest BCUT2D eigenvalue weighted by molar-refractivity contribution is -0.141. The third-order valence-corrected chi connectivity index (χ3v) is 11.9. The molecule has 3 aliphatic heterocycles. The number of nitrogens with zero attached hydrogens (tertiary/aromatic N) is 2. The van der Waals surface area contributed by atoms with Crippen molar-refractivity contribution in [2.24, 2.45) is 5.92 Å². The smallest absolute Gasteiger partial charge is 0.410 e. The summed E-state index contributed by atoms with van der Waals surface area (Å²) in [5.41, 5.74) is -1.08. The Morgan fingerprint density at radius 1 is 1.06 bits per heavy atom. The number of amides is 6. The van der Waals surface area contributed by atoms with Gasteiger partial charge < -0.3 is 25.6 Å². The average Bonchev–Trinajstić information content (AvgIpc) is 3.93. The molecule has 4 N–H and O–H groups in total. The molecular formula is C35H47FN6O8S. The van der Waals surface area contributed by atoms with E-state index in [0.717, 1.165) is 12.8 Å². The summed E-state index contributed by atoms with van der Waals surface area (Å²) >= 11 is 0. The summed E-state index contributed by atoms with van der Waals surface area (Å²) in [5.74, 6) is -2.99. The lowest BCUT2D eigenvalue weighted by atomic mass is 10.0. The van der Waals surface area contributed by atoms with Crippen molar-refractivity contribution in [3.05, 3.63) is 47.3 Å². The fraction of sp³-hybridized carbons (Fsp3) is 0.629. The van der Waals surface area contributed by atoms with Crippen molar-refractivity contribution in [2.45, 2.75) is 126 Å². The number of benzene rings is 1. The lowest BCUT2D eigenvalue weighted by Gasteiger charge is -2.30. The van der Waals surface area contributed by atoms with Gasteiger partial charge in [0.05, 0.1) is 18.3 Å². The third-order valence-electron chi connectivity index (χ3n) is 10.1. The van der Waals surface area contributed by atoms with Gasteiger partial charge in [-0.25, -0.2) is 22.4 Å². The number of hydrogen-bond donors (Lipinski definition) is 4. The van der Waals surface area contributed by atoms with Gasteiger partial charge in [0.2, 0.25) is 21.8 Å². The van der Waals surface area contributed by atoms with E-state index in [1.807, 2.05) is 12.2 Å². The van der Waals surface area contributed by atoms with Crippen LogP contribution in [0.25, 0.3) is 0 Å². The summed E-state index contributed by atoms with van der Waals surface area (Å²) in [6.07, 6.45) is 6.10. The van der Waals surface area contributed by atoms with E-state index in [4.69, 9.17) is 4.74 Å². The lowest BCUT2D eigenvalue weighted by Crippen LogP contribution is -2.59. The standard InChI is InChI=1S/C35H47FN6O8S/c1-34(2,3)39-32(46)37-27-13-8-6-4-5-7-11-22-17-35(22,31(45)40-51(48,49)24-14-15-24)38-29(43)28-16-23(19-42(28)30(27)44)50-33(47)41-18-21-10-9-12-26(36)25(21)20-41/h7,9-12,22-24,27-28H,4-6,8,13-20H2,1-3H3,(H,38,43)(H,40,45)(H2,37,39,46)/b11-7+/t22-,23-,27+,28+,35-/m1/s1. The molecule has 2 saturated carbocycles. The predicted molar refractivity (Wildman–Crippen MR) is 183 cm³/mol. The Balaban J connectivity index is 1.25. The number of nitrogens with one attached hydrogen (secondary N) is 4. The first-order valence-corrected chi connectivity index (χ1v) is 19.3. The number of sulfonamides is 1. The van der Waals surface area contributed by atoms with Crippen molar-refractivity contribution in [3.8, 4) is 0 Å². The average molecular weight is 731 g/mol. The molecule has 0 unspecified atom stereocenters. The molecule has 3 heterocycles.